The summed E-state index contributed by atoms with van der Waals surface area (Å²) in [7, 11) is 0. The molecule has 0 saturated heterocycles. The average Bonchev–Trinajstić information content (AvgIpc) is 2.50. The van der Waals surface area contributed by atoms with E-state index >= 15 is 0 Å². The van der Waals surface area contributed by atoms with Gasteiger partial charge in [0, 0.05) is 11.4 Å². The topological polar surface area (TPSA) is 78.4 Å². The third-order valence-corrected chi connectivity index (χ3v) is 3.79. The number of hydrogen-bond acceptors (Lipinski definition) is 3. The highest BCUT2D eigenvalue weighted by Crippen LogP contribution is 2.25. The average molecular weight is 371 g/mol. The van der Waals surface area contributed by atoms with Gasteiger partial charge in [-0.1, -0.05) is 29.3 Å². The van der Waals surface area contributed by atoms with E-state index in [-0.39, 0.29) is 5.02 Å². The first kappa shape index (κ1) is 18.0. The van der Waals surface area contributed by atoms with Crippen LogP contribution >= 0.6 is 23.2 Å². The van der Waals surface area contributed by atoms with E-state index in [4.69, 9.17) is 28.3 Å². The van der Waals surface area contributed by atoms with Gasteiger partial charge in [-0.15, -0.1) is 0 Å². The summed E-state index contributed by atoms with van der Waals surface area (Å²) in [5.41, 5.74) is 0.663. The second-order valence-corrected chi connectivity index (χ2v) is 5.74. The van der Waals surface area contributed by atoms with Crippen molar-refractivity contribution in [3.63, 3.8) is 0 Å². The number of hydrogen-bond donors (Lipinski definition) is 3. The quantitative estimate of drug-likeness (QED) is 0.717. The number of carboxylic acids is 1. The predicted octanol–water partition coefficient (Wildman–Crippen LogP) is 4.03. The molecule has 0 aliphatic carbocycles. The van der Waals surface area contributed by atoms with Gasteiger partial charge in [0.1, 0.15) is 11.9 Å². The maximum Gasteiger partial charge on any atom is 0.305 e. The zero-order valence-corrected chi connectivity index (χ0v) is 13.7. The molecule has 1 unspecified atom stereocenters. The van der Waals surface area contributed by atoms with E-state index in [1.54, 1.807) is 0 Å². The third kappa shape index (κ3) is 5.11. The lowest BCUT2D eigenvalue weighted by Crippen LogP contribution is -2.36. The summed E-state index contributed by atoms with van der Waals surface area (Å²) < 4.78 is 13.2. The van der Waals surface area contributed by atoms with Gasteiger partial charge in [0.05, 0.1) is 16.5 Å². The fourth-order valence-electron chi connectivity index (χ4n) is 1.97. The molecular weight excluding hydrogens is 358 g/mol. The molecule has 5 nitrogen and oxygen atoms in total. The Morgan fingerprint density at radius 2 is 1.83 bits per heavy atom. The van der Waals surface area contributed by atoms with E-state index in [1.165, 1.54) is 42.5 Å². The Labute approximate surface area is 147 Å². The molecule has 0 radical (unpaired) electrons. The standard InChI is InChI=1S/C16H13Cl2FN2O3/c17-12-5-4-11(7-13(12)18)21-16(24)14(8-15(22)23)20-10-3-1-2-9(19)6-10/h1-7,14,20H,8H2,(H,21,24)(H,22,23). The Bertz CT molecular complexity index is 771. The molecule has 0 fully saturated rings. The highest BCUT2D eigenvalue weighted by molar-refractivity contribution is 6.42. The predicted molar refractivity (Wildman–Crippen MR) is 91.2 cm³/mol. The molecule has 8 heteroatoms. The van der Waals surface area contributed by atoms with Crippen LogP contribution in [0.4, 0.5) is 15.8 Å². The molecule has 0 spiro atoms. The number of carbonyl (C=O) groups is 2. The van der Waals surface area contributed by atoms with Gasteiger partial charge in [0.15, 0.2) is 0 Å². The van der Waals surface area contributed by atoms with Crippen LogP contribution in [0.5, 0.6) is 0 Å². The first-order valence-electron chi connectivity index (χ1n) is 6.85. The summed E-state index contributed by atoms with van der Waals surface area (Å²) >= 11 is 11.7. The van der Waals surface area contributed by atoms with Crippen LogP contribution in [-0.4, -0.2) is 23.0 Å². The van der Waals surface area contributed by atoms with Crippen LogP contribution in [0, 0.1) is 5.82 Å². The van der Waals surface area contributed by atoms with Crippen molar-refractivity contribution >= 4 is 46.5 Å². The fraction of sp³-hybridized carbons (Fsp3) is 0.125. The zero-order chi connectivity index (χ0) is 17.7. The van der Waals surface area contributed by atoms with E-state index in [1.807, 2.05) is 0 Å². The monoisotopic (exact) mass is 370 g/mol. The van der Waals surface area contributed by atoms with E-state index in [0.717, 1.165) is 0 Å². The second kappa shape index (κ2) is 7.99. The van der Waals surface area contributed by atoms with Crippen molar-refractivity contribution in [2.45, 2.75) is 12.5 Å². The van der Waals surface area contributed by atoms with Crippen LogP contribution in [0.3, 0.4) is 0 Å². The number of amides is 1. The van der Waals surface area contributed by atoms with Crippen molar-refractivity contribution in [3.8, 4) is 0 Å². The number of carbonyl (C=O) groups excluding carboxylic acids is 1. The number of anilines is 2. The Morgan fingerprint density at radius 3 is 2.46 bits per heavy atom. The first-order valence-corrected chi connectivity index (χ1v) is 7.60. The van der Waals surface area contributed by atoms with Gasteiger partial charge in [0.25, 0.3) is 0 Å². The number of benzene rings is 2. The molecule has 1 atom stereocenters. The van der Waals surface area contributed by atoms with E-state index in [9.17, 15) is 14.0 Å². The maximum atomic E-state index is 13.2. The third-order valence-electron chi connectivity index (χ3n) is 3.05. The van der Waals surface area contributed by atoms with Gasteiger partial charge in [-0.3, -0.25) is 9.59 Å². The number of halogens is 3. The Morgan fingerprint density at radius 1 is 1.08 bits per heavy atom. The van der Waals surface area contributed by atoms with Crippen LogP contribution < -0.4 is 10.6 Å². The minimum absolute atomic E-state index is 0.252. The molecule has 0 aromatic heterocycles. The number of aliphatic carboxylic acids is 1. The number of nitrogens with one attached hydrogen (secondary N) is 2. The zero-order valence-electron chi connectivity index (χ0n) is 12.2. The van der Waals surface area contributed by atoms with Crippen molar-refractivity contribution < 1.29 is 19.1 Å². The molecule has 2 aromatic carbocycles. The normalized spacial score (nSPS) is 11.6. The smallest absolute Gasteiger partial charge is 0.305 e. The minimum Gasteiger partial charge on any atom is -0.481 e. The van der Waals surface area contributed by atoms with Crippen LogP contribution in [0.15, 0.2) is 42.5 Å². The Kier molecular flexibility index (Phi) is 6.00. The Balaban J connectivity index is 2.15. The van der Waals surface area contributed by atoms with Crippen LogP contribution in [0.1, 0.15) is 6.42 Å². The molecule has 126 valence electrons. The van der Waals surface area contributed by atoms with Crippen molar-refractivity contribution in [2.24, 2.45) is 0 Å². The summed E-state index contributed by atoms with van der Waals surface area (Å²) in [6.07, 6.45) is -0.482. The van der Waals surface area contributed by atoms with Crippen molar-refractivity contribution in [2.75, 3.05) is 10.6 Å². The fourth-order valence-corrected chi connectivity index (χ4v) is 2.26. The van der Waals surface area contributed by atoms with Gasteiger partial charge >= 0.3 is 5.97 Å². The largest absolute Gasteiger partial charge is 0.481 e. The van der Waals surface area contributed by atoms with Gasteiger partial charge < -0.3 is 15.7 Å². The van der Waals surface area contributed by atoms with Crippen LogP contribution in [-0.2, 0) is 9.59 Å². The van der Waals surface area contributed by atoms with Gasteiger partial charge in [-0.25, -0.2) is 4.39 Å². The first-order chi connectivity index (χ1) is 11.3. The highest BCUT2D eigenvalue weighted by atomic mass is 35.5. The van der Waals surface area contributed by atoms with Gasteiger partial charge in [-0.2, -0.15) is 0 Å². The molecule has 0 heterocycles. The SMILES string of the molecule is O=C(O)CC(Nc1cccc(F)c1)C(=O)Nc1ccc(Cl)c(Cl)c1. The summed E-state index contributed by atoms with van der Waals surface area (Å²) in [5.74, 6) is -2.27. The van der Waals surface area contributed by atoms with E-state index in [2.05, 4.69) is 10.6 Å². The molecule has 2 aromatic rings. The number of carboxylic acid groups (broad SMARTS) is 1. The summed E-state index contributed by atoms with van der Waals surface area (Å²) in [5, 5.41) is 14.8. The minimum atomic E-state index is -1.17. The van der Waals surface area contributed by atoms with Crippen LogP contribution in [0.25, 0.3) is 0 Å². The van der Waals surface area contributed by atoms with Gasteiger partial charge in [-0.05, 0) is 36.4 Å². The van der Waals surface area contributed by atoms with Crippen LogP contribution in [0.2, 0.25) is 10.0 Å². The Hall–Kier alpha value is -2.31. The molecule has 3 N–H and O–H groups in total. The molecule has 0 saturated carbocycles. The van der Waals surface area contributed by atoms with E-state index in [0.29, 0.717) is 16.4 Å². The summed E-state index contributed by atoms with van der Waals surface area (Å²) in [4.78, 5) is 23.3. The van der Waals surface area contributed by atoms with Crippen molar-refractivity contribution in [3.05, 3.63) is 58.3 Å². The molecule has 0 bridgehead atoms. The molecule has 0 aliphatic heterocycles. The molecule has 24 heavy (non-hydrogen) atoms. The maximum absolute atomic E-state index is 13.2. The second-order valence-electron chi connectivity index (χ2n) is 4.92. The summed E-state index contributed by atoms with van der Waals surface area (Å²) in [6.45, 7) is 0. The lowest BCUT2D eigenvalue weighted by molar-refractivity contribution is -0.138. The van der Waals surface area contributed by atoms with Crippen molar-refractivity contribution in [1.82, 2.24) is 0 Å². The molecule has 2 rings (SSSR count). The summed E-state index contributed by atoms with van der Waals surface area (Å²) in [6, 6.07) is 8.78. The lowest BCUT2D eigenvalue weighted by Gasteiger charge is -2.18. The van der Waals surface area contributed by atoms with E-state index < -0.39 is 30.2 Å². The van der Waals surface area contributed by atoms with Crippen molar-refractivity contribution in [1.29, 1.82) is 0 Å². The molecule has 1 amide bonds. The molecule has 0 aliphatic rings. The number of rotatable bonds is 6. The highest BCUT2D eigenvalue weighted by Gasteiger charge is 2.22. The lowest BCUT2D eigenvalue weighted by atomic mass is 10.1. The molecular formula is C16H13Cl2FN2O3. The van der Waals surface area contributed by atoms with Gasteiger partial charge in [0.2, 0.25) is 5.91 Å².